The zero-order valence-corrected chi connectivity index (χ0v) is 11.0. The monoisotopic (exact) mass is 249 g/mol. The summed E-state index contributed by atoms with van der Waals surface area (Å²) in [6.07, 6.45) is 1.82. The standard InChI is InChI=1S/C13H19N3O2/c1-9-7-16(8-10(2)18-9)13(17)12-5-4-11(14-3)6-15-12/h4-6,9-10,14H,7-8H2,1-3H3/t9-,10+. The van der Waals surface area contributed by atoms with Crippen LogP contribution in [0, 0.1) is 0 Å². The molecule has 1 aromatic rings. The molecule has 0 aromatic carbocycles. The van der Waals surface area contributed by atoms with Gasteiger partial charge in [0.05, 0.1) is 24.1 Å². The molecule has 1 aromatic heterocycles. The fourth-order valence-electron chi connectivity index (χ4n) is 2.17. The molecule has 1 aliphatic rings. The molecule has 1 saturated heterocycles. The molecular weight excluding hydrogens is 230 g/mol. The number of pyridine rings is 1. The van der Waals surface area contributed by atoms with Gasteiger partial charge in [0.25, 0.3) is 5.91 Å². The van der Waals surface area contributed by atoms with Gasteiger partial charge < -0.3 is 15.0 Å². The highest BCUT2D eigenvalue weighted by Gasteiger charge is 2.27. The summed E-state index contributed by atoms with van der Waals surface area (Å²) in [6.45, 7) is 5.21. The second kappa shape index (κ2) is 5.35. The van der Waals surface area contributed by atoms with E-state index < -0.39 is 0 Å². The first-order valence-electron chi connectivity index (χ1n) is 6.18. The Balaban J connectivity index is 2.09. The van der Waals surface area contributed by atoms with Crippen molar-refractivity contribution >= 4 is 11.6 Å². The lowest BCUT2D eigenvalue weighted by Gasteiger charge is -2.35. The summed E-state index contributed by atoms with van der Waals surface area (Å²) >= 11 is 0. The molecule has 2 atom stereocenters. The van der Waals surface area contributed by atoms with Gasteiger partial charge in [0.15, 0.2) is 0 Å². The molecule has 1 N–H and O–H groups in total. The van der Waals surface area contributed by atoms with Crippen molar-refractivity contribution in [1.29, 1.82) is 0 Å². The number of aromatic nitrogens is 1. The predicted octanol–water partition coefficient (Wildman–Crippen LogP) is 1.37. The van der Waals surface area contributed by atoms with E-state index in [2.05, 4.69) is 10.3 Å². The minimum Gasteiger partial charge on any atom is -0.387 e. The quantitative estimate of drug-likeness (QED) is 0.860. The number of nitrogens with one attached hydrogen (secondary N) is 1. The summed E-state index contributed by atoms with van der Waals surface area (Å²) in [4.78, 5) is 18.3. The maximum absolute atomic E-state index is 12.3. The van der Waals surface area contributed by atoms with Crippen LogP contribution in [0.15, 0.2) is 18.3 Å². The van der Waals surface area contributed by atoms with E-state index in [1.54, 1.807) is 17.2 Å². The molecule has 0 saturated carbocycles. The van der Waals surface area contributed by atoms with E-state index >= 15 is 0 Å². The van der Waals surface area contributed by atoms with Gasteiger partial charge in [-0.15, -0.1) is 0 Å². The number of rotatable bonds is 2. The van der Waals surface area contributed by atoms with Crippen LogP contribution in [0.1, 0.15) is 24.3 Å². The van der Waals surface area contributed by atoms with Crippen molar-refractivity contribution in [2.75, 3.05) is 25.5 Å². The molecular formula is C13H19N3O2. The van der Waals surface area contributed by atoms with Crippen LogP contribution in [0.3, 0.4) is 0 Å². The Kier molecular flexibility index (Phi) is 3.81. The number of amides is 1. The maximum atomic E-state index is 12.3. The lowest BCUT2D eigenvalue weighted by molar-refractivity contribution is -0.0587. The zero-order chi connectivity index (χ0) is 13.1. The molecule has 1 amide bonds. The van der Waals surface area contributed by atoms with E-state index in [-0.39, 0.29) is 18.1 Å². The molecule has 18 heavy (non-hydrogen) atoms. The number of nitrogens with zero attached hydrogens (tertiary/aromatic N) is 2. The summed E-state index contributed by atoms with van der Waals surface area (Å²) < 4.78 is 5.61. The molecule has 5 heteroatoms. The molecule has 0 radical (unpaired) electrons. The van der Waals surface area contributed by atoms with E-state index in [9.17, 15) is 4.79 Å². The van der Waals surface area contributed by atoms with Crippen molar-refractivity contribution in [1.82, 2.24) is 9.88 Å². The molecule has 0 bridgehead atoms. The van der Waals surface area contributed by atoms with Gasteiger partial charge in [-0.2, -0.15) is 0 Å². The number of carbonyl (C=O) groups is 1. The van der Waals surface area contributed by atoms with Gasteiger partial charge in [-0.1, -0.05) is 0 Å². The van der Waals surface area contributed by atoms with Crippen LogP contribution in [0.2, 0.25) is 0 Å². The minimum atomic E-state index is -0.0281. The van der Waals surface area contributed by atoms with Crippen LogP contribution in [0.4, 0.5) is 5.69 Å². The number of carbonyl (C=O) groups excluding carboxylic acids is 1. The first-order valence-corrected chi connectivity index (χ1v) is 6.18. The Hall–Kier alpha value is -1.62. The van der Waals surface area contributed by atoms with E-state index in [1.807, 2.05) is 27.0 Å². The maximum Gasteiger partial charge on any atom is 0.272 e. The molecule has 5 nitrogen and oxygen atoms in total. The first-order chi connectivity index (χ1) is 8.60. The third-order valence-electron chi connectivity index (χ3n) is 2.98. The van der Waals surface area contributed by atoms with E-state index in [1.165, 1.54) is 0 Å². The predicted molar refractivity (Wildman–Crippen MR) is 69.7 cm³/mol. The molecule has 0 unspecified atom stereocenters. The van der Waals surface area contributed by atoms with Crippen molar-refractivity contribution in [3.05, 3.63) is 24.0 Å². The number of hydrogen-bond donors (Lipinski definition) is 1. The van der Waals surface area contributed by atoms with Crippen molar-refractivity contribution in [2.24, 2.45) is 0 Å². The molecule has 2 rings (SSSR count). The lowest BCUT2D eigenvalue weighted by Crippen LogP contribution is -2.48. The Bertz CT molecular complexity index is 409. The van der Waals surface area contributed by atoms with Crippen LogP contribution in [0.25, 0.3) is 0 Å². The Labute approximate surface area is 107 Å². The van der Waals surface area contributed by atoms with Crippen LogP contribution in [0.5, 0.6) is 0 Å². The van der Waals surface area contributed by atoms with Crippen LogP contribution in [-0.4, -0.2) is 48.1 Å². The summed E-state index contributed by atoms with van der Waals surface area (Å²) in [5.74, 6) is -0.0281. The average molecular weight is 249 g/mol. The summed E-state index contributed by atoms with van der Waals surface area (Å²) in [5.41, 5.74) is 1.38. The first kappa shape index (κ1) is 12.8. The fraction of sp³-hybridized carbons (Fsp3) is 0.538. The Morgan fingerprint density at radius 1 is 1.39 bits per heavy atom. The number of anilines is 1. The van der Waals surface area contributed by atoms with Crippen molar-refractivity contribution in [3.63, 3.8) is 0 Å². The van der Waals surface area contributed by atoms with Gasteiger partial charge >= 0.3 is 0 Å². The van der Waals surface area contributed by atoms with Gasteiger partial charge in [-0.25, -0.2) is 4.98 Å². The summed E-state index contributed by atoms with van der Waals surface area (Å²) in [5, 5.41) is 2.98. The van der Waals surface area contributed by atoms with E-state index in [0.29, 0.717) is 18.8 Å². The van der Waals surface area contributed by atoms with E-state index in [4.69, 9.17) is 4.74 Å². The highest BCUT2D eigenvalue weighted by Crippen LogP contribution is 2.14. The average Bonchev–Trinajstić information content (AvgIpc) is 2.37. The minimum absolute atomic E-state index is 0.0281. The van der Waals surface area contributed by atoms with Crippen LogP contribution >= 0.6 is 0 Å². The lowest BCUT2D eigenvalue weighted by atomic mass is 10.2. The van der Waals surface area contributed by atoms with Crippen molar-refractivity contribution in [3.8, 4) is 0 Å². The number of morpholine rings is 1. The van der Waals surface area contributed by atoms with Gasteiger partial charge in [0, 0.05) is 20.1 Å². The fourth-order valence-corrected chi connectivity index (χ4v) is 2.17. The second-order valence-corrected chi connectivity index (χ2v) is 4.65. The second-order valence-electron chi connectivity index (χ2n) is 4.65. The van der Waals surface area contributed by atoms with Crippen molar-refractivity contribution in [2.45, 2.75) is 26.1 Å². The van der Waals surface area contributed by atoms with Gasteiger partial charge in [0.1, 0.15) is 5.69 Å². The van der Waals surface area contributed by atoms with Gasteiger partial charge in [-0.3, -0.25) is 4.79 Å². The van der Waals surface area contributed by atoms with E-state index in [0.717, 1.165) is 5.69 Å². The summed E-state index contributed by atoms with van der Waals surface area (Å²) in [7, 11) is 1.82. The highest BCUT2D eigenvalue weighted by molar-refractivity contribution is 5.92. The zero-order valence-electron chi connectivity index (χ0n) is 11.0. The number of hydrogen-bond acceptors (Lipinski definition) is 4. The third kappa shape index (κ3) is 2.79. The summed E-state index contributed by atoms with van der Waals surface area (Å²) in [6, 6.07) is 3.60. The van der Waals surface area contributed by atoms with Crippen molar-refractivity contribution < 1.29 is 9.53 Å². The Morgan fingerprint density at radius 2 is 2.06 bits per heavy atom. The molecule has 0 aliphatic carbocycles. The molecule has 1 fully saturated rings. The molecule has 0 spiro atoms. The van der Waals surface area contributed by atoms with Crippen LogP contribution < -0.4 is 5.32 Å². The largest absolute Gasteiger partial charge is 0.387 e. The molecule has 2 heterocycles. The number of ether oxygens (including phenoxy) is 1. The van der Waals surface area contributed by atoms with Gasteiger partial charge in [-0.05, 0) is 26.0 Å². The smallest absolute Gasteiger partial charge is 0.272 e. The Morgan fingerprint density at radius 3 is 2.56 bits per heavy atom. The topological polar surface area (TPSA) is 54.5 Å². The molecule has 98 valence electrons. The molecule has 1 aliphatic heterocycles. The van der Waals surface area contributed by atoms with Gasteiger partial charge in [0.2, 0.25) is 0 Å². The van der Waals surface area contributed by atoms with Crippen LogP contribution in [-0.2, 0) is 4.74 Å². The SMILES string of the molecule is CNc1ccc(C(=O)N2C[C@@H](C)O[C@@H](C)C2)nc1. The third-order valence-corrected chi connectivity index (χ3v) is 2.98. The normalized spacial score (nSPS) is 23.8. The highest BCUT2D eigenvalue weighted by atomic mass is 16.5.